The van der Waals surface area contributed by atoms with Crippen LogP contribution in [0.4, 0.5) is 5.69 Å². The standard InChI is InChI=1S/C26H34N2O4/c1-17-7-9-21(18(2)14-17)27-24(30)16-28-13-12-26(31)11-5-4-6-20(26)25(28)19-8-10-22(29)23(15-19)32-3/h7-10,14-15,20,25,29,31H,4-6,11-13,16H2,1-3H3,(H,27,30)/t20-,25-,26-/m1/s1. The van der Waals surface area contributed by atoms with Crippen LogP contribution in [0.25, 0.3) is 0 Å². The topological polar surface area (TPSA) is 82.0 Å². The lowest BCUT2D eigenvalue weighted by molar-refractivity contribution is -0.135. The van der Waals surface area contributed by atoms with E-state index < -0.39 is 5.60 Å². The van der Waals surface area contributed by atoms with Gasteiger partial charge in [-0.1, -0.05) is 36.6 Å². The average Bonchev–Trinajstić information content (AvgIpc) is 2.76. The third-order valence-corrected chi connectivity index (χ3v) is 7.22. The van der Waals surface area contributed by atoms with E-state index in [1.165, 1.54) is 7.11 Å². The van der Waals surface area contributed by atoms with Crippen LogP contribution in [0.3, 0.4) is 0 Å². The number of phenols is 1. The molecular formula is C26H34N2O4. The molecule has 172 valence electrons. The molecule has 2 fully saturated rings. The van der Waals surface area contributed by atoms with Crippen molar-refractivity contribution in [1.29, 1.82) is 0 Å². The molecule has 6 nitrogen and oxygen atoms in total. The van der Waals surface area contributed by atoms with E-state index in [1.807, 2.05) is 38.1 Å². The summed E-state index contributed by atoms with van der Waals surface area (Å²) in [5, 5.41) is 24.6. The zero-order valence-corrected chi connectivity index (χ0v) is 19.2. The van der Waals surface area contributed by atoms with E-state index in [0.717, 1.165) is 48.1 Å². The van der Waals surface area contributed by atoms with Crippen molar-refractivity contribution in [2.24, 2.45) is 5.92 Å². The van der Waals surface area contributed by atoms with Crippen molar-refractivity contribution in [3.63, 3.8) is 0 Å². The molecule has 1 saturated carbocycles. The maximum absolute atomic E-state index is 13.0. The number of aromatic hydroxyl groups is 1. The number of ether oxygens (including phenoxy) is 1. The second kappa shape index (κ2) is 9.12. The largest absolute Gasteiger partial charge is 0.504 e. The average molecular weight is 439 g/mol. The van der Waals surface area contributed by atoms with Crippen LogP contribution < -0.4 is 10.1 Å². The smallest absolute Gasteiger partial charge is 0.238 e. The lowest BCUT2D eigenvalue weighted by atomic mass is 9.66. The first-order valence-electron chi connectivity index (χ1n) is 11.5. The maximum atomic E-state index is 13.0. The molecule has 0 bridgehead atoms. The predicted molar refractivity (Wildman–Crippen MR) is 125 cm³/mol. The van der Waals surface area contributed by atoms with Crippen molar-refractivity contribution in [2.75, 3.05) is 25.5 Å². The Morgan fingerprint density at radius 3 is 2.75 bits per heavy atom. The first-order valence-corrected chi connectivity index (χ1v) is 11.5. The molecule has 4 rings (SSSR count). The Bertz CT molecular complexity index is 992. The van der Waals surface area contributed by atoms with Gasteiger partial charge in [-0.05, 0) is 62.4 Å². The van der Waals surface area contributed by atoms with E-state index in [2.05, 4.69) is 16.3 Å². The van der Waals surface area contributed by atoms with Gasteiger partial charge in [-0.15, -0.1) is 0 Å². The molecule has 6 heteroatoms. The molecule has 0 aromatic heterocycles. The molecular weight excluding hydrogens is 404 g/mol. The molecule has 2 aromatic carbocycles. The molecule has 0 radical (unpaired) electrons. The minimum Gasteiger partial charge on any atom is -0.504 e. The van der Waals surface area contributed by atoms with Crippen LogP contribution in [0, 0.1) is 19.8 Å². The van der Waals surface area contributed by atoms with E-state index in [-0.39, 0.29) is 30.2 Å². The number of piperidine rings is 1. The highest BCUT2D eigenvalue weighted by atomic mass is 16.5. The molecule has 3 atom stereocenters. The summed E-state index contributed by atoms with van der Waals surface area (Å²) < 4.78 is 5.35. The summed E-state index contributed by atoms with van der Waals surface area (Å²) in [5.74, 6) is 0.472. The van der Waals surface area contributed by atoms with Crippen molar-refractivity contribution in [1.82, 2.24) is 4.90 Å². The molecule has 0 unspecified atom stereocenters. The number of amides is 1. The SMILES string of the molecule is COc1cc([C@@H]2[C@H]3CCCC[C@@]3(O)CCN2CC(=O)Nc2ccc(C)cc2C)ccc1O. The molecule has 3 N–H and O–H groups in total. The van der Waals surface area contributed by atoms with Gasteiger partial charge in [-0.25, -0.2) is 0 Å². The van der Waals surface area contributed by atoms with Crippen molar-refractivity contribution in [3.05, 3.63) is 53.1 Å². The van der Waals surface area contributed by atoms with Crippen LogP contribution >= 0.6 is 0 Å². The Labute approximate surface area is 190 Å². The number of methoxy groups -OCH3 is 1. The number of hydrogen-bond acceptors (Lipinski definition) is 5. The Hall–Kier alpha value is -2.57. The fourth-order valence-corrected chi connectivity index (χ4v) is 5.57. The van der Waals surface area contributed by atoms with Gasteiger partial charge in [0.2, 0.25) is 5.91 Å². The zero-order valence-electron chi connectivity index (χ0n) is 19.2. The third-order valence-electron chi connectivity index (χ3n) is 7.22. The second-order valence-corrected chi connectivity index (χ2v) is 9.42. The fraction of sp³-hybridized carbons (Fsp3) is 0.500. The van der Waals surface area contributed by atoms with Gasteiger partial charge in [0, 0.05) is 24.2 Å². The van der Waals surface area contributed by atoms with E-state index in [9.17, 15) is 15.0 Å². The van der Waals surface area contributed by atoms with Crippen molar-refractivity contribution < 1.29 is 19.7 Å². The number of carbonyl (C=O) groups excluding carboxylic acids is 1. The monoisotopic (exact) mass is 438 g/mol. The Balaban J connectivity index is 1.61. The molecule has 2 aromatic rings. The Morgan fingerprint density at radius 1 is 1.19 bits per heavy atom. The number of nitrogens with one attached hydrogen (secondary N) is 1. The molecule has 1 aliphatic carbocycles. The summed E-state index contributed by atoms with van der Waals surface area (Å²) in [4.78, 5) is 15.2. The summed E-state index contributed by atoms with van der Waals surface area (Å²) >= 11 is 0. The number of carbonyl (C=O) groups is 1. The fourth-order valence-electron chi connectivity index (χ4n) is 5.57. The normalized spacial score (nSPS) is 25.8. The molecule has 1 saturated heterocycles. The van der Waals surface area contributed by atoms with Gasteiger partial charge in [-0.3, -0.25) is 9.69 Å². The molecule has 2 aliphatic rings. The molecule has 1 aliphatic heterocycles. The highest BCUT2D eigenvalue weighted by Gasteiger charge is 2.49. The van der Waals surface area contributed by atoms with Crippen LogP contribution in [0.15, 0.2) is 36.4 Å². The summed E-state index contributed by atoms with van der Waals surface area (Å²) in [6, 6.07) is 11.3. The lowest BCUT2D eigenvalue weighted by Crippen LogP contribution is -2.56. The quantitative estimate of drug-likeness (QED) is 0.648. The van der Waals surface area contributed by atoms with Crippen LogP contribution in [-0.4, -0.2) is 46.8 Å². The number of fused-ring (bicyclic) bond motifs is 1. The first-order chi connectivity index (χ1) is 15.3. The van der Waals surface area contributed by atoms with Gasteiger partial charge in [0.15, 0.2) is 11.5 Å². The van der Waals surface area contributed by atoms with Crippen molar-refractivity contribution in [2.45, 2.75) is 57.6 Å². The number of rotatable bonds is 5. The first kappa shape index (κ1) is 22.6. The number of aryl methyl sites for hydroxylation is 2. The summed E-state index contributed by atoms with van der Waals surface area (Å²) in [6.45, 7) is 4.92. The third kappa shape index (κ3) is 4.48. The van der Waals surface area contributed by atoms with Gasteiger partial charge >= 0.3 is 0 Å². The summed E-state index contributed by atoms with van der Waals surface area (Å²) in [5.41, 5.74) is 3.28. The van der Waals surface area contributed by atoms with E-state index in [0.29, 0.717) is 18.7 Å². The van der Waals surface area contributed by atoms with Crippen molar-refractivity contribution in [3.8, 4) is 11.5 Å². The molecule has 0 spiro atoms. The summed E-state index contributed by atoms with van der Waals surface area (Å²) in [7, 11) is 1.53. The molecule has 1 amide bonds. The number of phenolic OH excluding ortho intramolecular Hbond substituents is 1. The Kier molecular flexibility index (Phi) is 6.45. The van der Waals surface area contributed by atoms with E-state index in [4.69, 9.17) is 4.74 Å². The number of nitrogens with zero attached hydrogens (tertiary/aromatic N) is 1. The molecule has 1 heterocycles. The van der Waals surface area contributed by atoms with Crippen molar-refractivity contribution >= 4 is 11.6 Å². The number of aliphatic hydroxyl groups is 1. The number of anilines is 1. The second-order valence-electron chi connectivity index (χ2n) is 9.42. The predicted octanol–water partition coefficient (Wildman–Crippen LogP) is 4.32. The highest BCUT2D eigenvalue weighted by molar-refractivity contribution is 5.93. The molecule has 32 heavy (non-hydrogen) atoms. The highest BCUT2D eigenvalue weighted by Crippen LogP contribution is 2.50. The Morgan fingerprint density at radius 2 is 2.00 bits per heavy atom. The minimum absolute atomic E-state index is 0.0353. The number of likely N-dealkylation sites (tertiary alicyclic amines) is 1. The van der Waals surface area contributed by atoms with Gasteiger partial charge in [0.05, 0.1) is 19.3 Å². The van der Waals surface area contributed by atoms with Crippen LogP contribution in [0.1, 0.15) is 54.8 Å². The van der Waals surface area contributed by atoms with Gasteiger partial charge in [-0.2, -0.15) is 0 Å². The van der Waals surface area contributed by atoms with E-state index >= 15 is 0 Å². The number of benzene rings is 2. The van der Waals surface area contributed by atoms with Crippen LogP contribution in [-0.2, 0) is 4.79 Å². The van der Waals surface area contributed by atoms with Crippen LogP contribution in [0.5, 0.6) is 11.5 Å². The van der Waals surface area contributed by atoms with Gasteiger partial charge < -0.3 is 20.3 Å². The van der Waals surface area contributed by atoms with Gasteiger partial charge in [0.25, 0.3) is 0 Å². The van der Waals surface area contributed by atoms with Crippen LogP contribution in [0.2, 0.25) is 0 Å². The zero-order chi connectivity index (χ0) is 22.9. The number of hydrogen-bond donors (Lipinski definition) is 3. The summed E-state index contributed by atoms with van der Waals surface area (Å²) in [6.07, 6.45) is 4.48. The lowest BCUT2D eigenvalue weighted by Gasteiger charge is -2.52. The van der Waals surface area contributed by atoms with Gasteiger partial charge in [0.1, 0.15) is 0 Å². The minimum atomic E-state index is -0.714. The van der Waals surface area contributed by atoms with E-state index in [1.54, 1.807) is 6.07 Å². The maximum Gasteiger partial charge on any atom is 0.238 e.